The van der Waals surface area contributed by atoms with Crippen molar-refractivity contribution < 1.29 is 14.6 Å². The molecule has 2 aliphatic heterocycles. The van der Waals surface area contributed by atoms with Gasteiger partial charge in [-0.3, -0.25) is 0 Å². The zero-order valence-electron chi connectivity index (χ0n) is 9.03. The second-order valence-electron chi connectivity index (χ2n) is 4.45. The summed E-state index contributed by atoms with van der Waals surface area (Å²) >= 11 is 0. The molecule has 0 unspecified atom stereocenters. The first-order valence-corrected chi connectivity index (χ1v) is 5.44. The Morgan fingerprint density at radius 1 is 1.53 bits per heavy atom. The number of carboxylic acid groups (broad SMARTS) is 1. The number of amides is 1. The van der Waals surface area contributed by atoms with E-state index in [0.29, 0.717) is 19.1 Å². The zero-order valence-corrected chi connectivity index (χ0v) is 9.03. The van der Waals surface area contributed by atoms with Crippen LogP contribution in [-0.2, 0) is 4.74 Å². The zero-order chi connectivity index (χ0) is 10.9. The number of likely N-dealkylation sites (N-methyl/N-ethyl adjacent to an activating group) is 1. The SMILES string of the molecule is CN[C@H]1COC2(CCN(C(=O)O)CC2)C1. The first-order valence-electron chi connectivity index (χ1n) is 5.44. The van der Waals surface area contributed by atoms with Crippen LogP contribution in [0.2, 0.25) is 0 Å². The van der Waals surface area contributed by atoms with Gasteiger partial charge in [0.1, 0.15) is 0 Å². The van der Waals surface area contributed by atoms with E-state index in [1.54, 1.807) is 0 Å². The van der Waals surface area contributed by atoms with Gasteiger partial charge >= 0.3 is 6.09 Å². The van der Waals surface area contributed by atoms with Crippen LogP contribution in [0.3, 0.4) is 0 Å². The molecule has 5 heteroatoms. The molecule has 2 rings (SSSR count). The van der Waals surface area contributed by atoms with Crippen molar-refractivity contribution in [3.63, 3.8) is 0 Å². The van der Waals surface area contributed by atoms with Crippen molar-refractivity contribution in [2.24, 2.45) is 0 Å². The Kier molecular flexibility index (Phi) is 2.84. The summed E-state index contributed by atoms with van der Waals surface area (Å²) in [6.45, 7) is 1.96. The average molecular weight is 214 g/mol. The lowest BCUT2D eigenvalue weighted by molar-refractivity contribution is -0.0395. The molecule has 1 amide bonds. The van der Waals surface area contributed by atoms with E-state index in [0.717, 1.165) is 25.9 Å². The number of rotatable bonds is 1. The summed E-state index contributed by atoms with van der Waals surface area (Å²) in [5.74, 6) is 0. The Hall–Kier alpha value is -0.810. The van der Waals surface area contributed by atoms with E-state index in [4.69, 9.17) is 9.84 Å². The molecule has 86 valence electrons. The van der Waals surface area contributed by atoms with Crippen molar-refractivity contribution in [3.8, 4) is 0 Å². The Labute approximate surface area is 89.4 Å². The fourth-order valence-corrected chi connectivity index (χ4v) is 2.48. The molecule has 0 aromatic rings. The summed E-state index contributed by atoms with van der Waals surface area (Å²) in [5, 5.41) is 12.1. The molecule has 2 N–H and O–H groups in total. The smallest absolute Gasteiger partial charge is 0.407 e. The van der Waals surface area contributed by atoms with Gasteiger partial charge in [0.2, 0.25) is 0 Å². The minimum atomic E-state index is -0.812. The van der Waals surface area contributed by atoms with E-state index in [1.165, 1.54) is 4.90 Å². The third-order valence-corrected chi connectivity index (χ3v) is 3.56. The molecule has 1 atom stereocenters. The highest BCUT2D eigenvalue weighted by molar-refractivity contribution is 5.65. The summed E-state index contributed by atoms with van der Waals surface area (Å²) < 4.78 is 5.83. The van der Waals surface area contributed by atoms with E-state index in [2.05, 4.69) is 5.32 Å². The molecule has 2 saturated heterocycles. The van der Waals surface area contributed by atoms with Gasteiger partial charge in [-0.15, -0.1) is 0 Å². The molecule has 0 aromatic carbocycles. The predicted octanol–water partition coefficient (Wildman–Crippen LogP) is 0.507. The monoisotopic (exact) mass is 214 g/mol. The predicted molar refractivity (Wildman–Crippen MR) is 55.0 cm³/mol. The number of carbonyl (C=O) groups is 1. The van der Waals surface area contributed by atoms with Crippen molar-refractivity contribution in [3.05, 3.63) is 0 Å². The molecular weight excluding hydrogens is 196 g/mol. The first kappa shape index (κ1) is 10.7. The molecule has 2 aliphatic rings. The number of nitrogens with zero attached hydrogens (tertiary/aromatic N) is 1. The second kappa shape index (κ2) is 3.98. The summed E-state index contributed by atoms with van der Waals surface area (Å²) in [6.07, 6.45) is 1.86. The fourth-order valence-electron chi connectivity index (χ4n) is 2.48. The number of hydrogen-bond donors (Lipinski definition) is 2. The molecule has 2 fully saturated rings. The second-order valence-corrected chi connectivity index (χ2v) is 4.45. The maximum atomic E-state index is 10.8. The van der Waals surface area contributed by atoms with Crippen LogP contribution in [0.5, 0.6) is 0 Å². The van der Waals surface area contributed by atoms with Crippen LogP contribution in [0, 0.1) is 0 Å². The number of hydrogen-bond acceptors (Lipinski definition) is 3. The number of ether oxygens (including phenoxy) is 1. The van der Waals surface area contributed by atoms with Gasteiger partial charge in [-0.05, 0) is 26.3 Å². The molecule has 0 saturated carbocycles. The quantitative estimate of drug-likeness (QED) is 0.667. The van der Waals surface area contributed by atoms with Gasteiger partial charge in [-0.25, -0.2) is 4.79 Å². The maximum Gasteiger partial charge on any atom is 0.407 e. The van der Waals surface area contributed by atoms with Gasteiger partial charge < -0.3 is 20.1 Å². The average Bonchev–Trinajstić information content (AvgIpc) is 2.62. The Balaban J connectivity index is 1.90. The van der Waals surface area contributed by atoms with Crippen molar-refractivity contribution in [1.82, 2.24) is 10.2 Å². The van der Waals surface area contributed by atoms with E-state index >= 15 is 0 Å². The molecule has 0 aromatic heterocycles. The molecule has 1 spiro atoms. The lowest BCUT2D eigenvalue weighted by Gasteiger charge is -2.37. The third kappa shape index (κ3) is 2.08. The Morgan fingerprint density at radius 2 is 2.20 bits per heavy atom. The Bertz CT molecular complexity index is 249. The van der Waals surface area contributed by atoms with Gasteiger partial charge in [0.15, 0.2) is 0 Å². The van der Waals surface area contributed by atoms with Crippen LogP contribution in [-0.4, -0.2) is 54.5 Å². The van der Waals surface area contributed by atoms with Gasteiger partial charge in [0, 0.05) is 19.1 Å². The van der Waals surface area contributed by atoms with Crippen LogP contribution in [0.4, 0.5) is 4.79 Å². The molecular formula is C10H18N2O3. The lowest BCUT2D eigenvalue weighted by atomic mass is 9.87. The minimum Gasteiger partial charge on any atom is -0.465 e. The minimum absolute atomic E-state index is 0.0559. The molecule has 15 heavy (non-hydrogen) atoms. The maximum absolute atomic E-state index is 10.8. The van der Waals surface area contributed by atoms with E-state index in [9.17, 15) is 4.79 Å². The highest BCUT2D eigenvalue weighted by atomic mass is 16.5. The summed E-state index contributed by atoms with van der Waals surface area (Å²) in [5.41, 5.74) is -0.0559. The largest absolute Gasteiger partial charge is 0.465 e. The summed E-state index contributed by atoms with van der Waals surface area (Å²) in [4.78, 5) is 12.2. The van der Waals surface area contributed by atoms with Crippen molar-refractivity contribution in [1.29, 1.82) is 0 Å². The van der Waals surface area contributed by atoms with Crippen LogP contribution in [0.25, 0.3) is 0 Å². The molecule has 0 bridgehead atoms. The standard InChI is InChI=1S/C10H18N2O3/c1-11-8-6-10(15-7-8)2-4-12(5-3-10)9(13)14/h8,11H,2-7H2,1H3,(H,13,14)/t8-/m1/s1. The molecule has 5 nitrogen and oxygen atoms in total. The highest BCUT2D eigenvalue weighted by Crippen LogP contribution is 2.35. The highest BCUT2D eigenvalue weighted by Gasteiger charge is 2.42. The topological polar surface area (TPSA) is 61.8 Å². The number of nitrogens with one attached hydrogen (secondary N) is 1. The number of likely N-dealkylation sites (tertiary alicyclic amines) is 1. The van der Waals surface area contributed by atoms with Crippen LogP contribution < -0.4 is 5.32 Å². The van der Waals surface area contributed by atoms with Gasteiger partial charge in [0.25, 0.3) is 0 Å². The Morgan fingerprint density at radius 3 is 2.67 bits per heavy atom. The molecule has 0 aliphatic carbocycles. The van der Waals surface area contributed by atoms with Gasteiger partial charge in [0.05, 0.1) is 12.2 Å². The van der Waals surface area contributed by atoms with E-state index in [-0.39, 0.29) is 5.60 Å². The summed E-state index contributed by atoms with van der Waals surface area (Å²) in [6, 6.07) is 0.432. The first-order chi connectivity index (χ1) is 7.15. The van der Waals surface area contributed by atoms with E-state index in [1.807, 2.05) is 7.05 Å². The fraction of sp³-hybridized carbons (Fsp3) is 0.900. The van der Waals surface area contributed by atoms with E-state index < -0.39 is 6.09 Å². The normalized spacial score (nSPS) is 29.7. The lowest BCUT2D eigenvalue weighted by Crippen LogP contribution is -2.46. The van der Waals surface area contributed by atoms with Gasteiger partial charge in [-0.1, -0.05) is 0 Å². The van der Waals surface area contributed by atoms with Crippen LogP contribution in [0.1, 0.15) is 19.3 Å². The van der Waals surface area contributed by atoms with Crippen LogP contribution >= 0.6 is 0 Å². The molecule has 0 radical (unpaired) electrons. The van der Waals surface area contributed by atoms with Crippen molar-refractivity contribution in [2.75, 3.05) is 26.7 Å². The van der Waals surface area contributed by atoms with Crippen LogP contribution in [0.15, 0.2) is 0 Å². The number of piperidine rings is 1. The summed E-state index contributed by atoms with van der Waals surface area (Å²) in [7, 11) is 1.94. The third-order valence-electron chi connectivity index (χ3n) is 3.56. The van der Waals surface area contributed by atoms with Crippen molar-refractivity contribution >= 4 is 6.09 Å². The van der Waals surface area contributed by atoms with Gasteiger partial charge in [-0.2, -0.15) is 0 Å². The molecule has 2 heterocycles. The van der Waals surface area contributed by atoms with Crippen molar-refractivity contribution in [2.45, 2.75) is 30.9 Å².